The fraction of sp³-hybridized carbons (Fsp3) is 0.571. The number of alkyl halides is 2. The SMILES string of the molecule is CNC1(C)CCN(c2ccccc2S(=O)(=O)C(F)F)CC1. The molecule has 0 bridgehead atoms. The number of nitrogens with one attached hydrogen (secondary N) is 1. The lowest BCUT2D eigenvalue weighted by atomic mass is 9.89. The maximum absolute atomic E-state index is 12.8. The second-order valence-electron chi connectivity index (χ2n) is 5.57. The van der Waals surface area contributed by atoms with Crippen molar-refractivity contribution in [2.24, 2.45) is 0 Å². The van der Waals surface area contributed by atoms with Crippen LogP contribution in [0.15, 0.2) is 29.2 Å². The molecule has 0 saturated carbocycles. The van der Waals surface area contributed by atoms with Gasteiger partial charge in [-0.3, -0.25) is 0 Å². The first-order valence-corrected chi connectivity index (χ1v) is 8.40. The quantitative estimate of drug-likeness (QED) is 0.925. The van der Waals surface area contributed by atoms with E-state index in [0.717, 1.165) is 12.8 Å². The summed E-state index contributed by atoms with van der Waals surface area (Å²) in [5, 5.41) is 3.25. The topological polar surface area (TPSA) is 49.4 Å². The van der Waals surface area contributed by atoms with Crippen LogP contribution in [0.25, 0.3) is 0 Å². The summed E-state index contributed by atoms with van der Waals surface area (Å²) < 4.78 is 49.2. The molecular weight excluding hydrogens is 298 g/mol. The second kappa shape index (κ2) is 5.88. The zero-order chi connectivity index (χ0) is 15.7. The number of hydrogen-bond acceptors (Lipinski definition) is 4. The Labute approximate surface area is 124 Å². The summed E-state index contributed by atoms with van der Waals surface area (Å²) in [4.78, 5) is 1.59. The fourth-order valence-electron chi connectivity index (χ4n) is 2.55. The van der Waals surface area contributed by atoms with Crippen LogP contribution in [0.5, 0.6) is 0 Å². The standard InChI is InChI=1S/C14H20F2N2O2S/c1-14(17-2)7-9-18(10-8-14)11-5-3-4-6-12(11)21(19,20)13(15)16/h3-6,13,17H,7-10H2,1-2H3. The van der Waals surface area contributed by atoms with Crippen molar-refractivity contribution in [3.63, 3.8) is 0 Å². The van der Waals surface area contributed by atoms with Crippen molar-refractivity contribution in [1.29, 1.82) is 0 Å². The van der Waals surface area contributed by atoms with Crippen LogP contribution in [0.3, 0.4) is 0 Å². The summed E-state index contributed by atoms with van der Waals surface area (Å²) in [7, 11) is -2.69. The number of benzene rings is 1. The first-order chi connectivity index (χ1) is 9.80. The van der Waals surface area contributed by atoms with E-state index in [0.29, 0.717) is 18.8 Å². The molecule has 1 aliphatic rings. The maximum Gasteiger partial charge on any atom is 0.341 e. The molecule has 7 heteroatoms. The van der Waals surface area contributed by atoms with E-state index in [1.54, 1.807) is 12.1 Å². The Bertz CT molecular complexity index is 597. The van der Waals surface area contributed by atoms with Crippen LogP contribution < -0.4 is 10.2 Å². The van der Waals surface area contributed by atoms with Crippen LogP contribution in [0.1, 0.15) is 19.8 Å². The van der Waals surface area contributed by atoms with Crippen LogP contribution in [0, 0.1) is 0 Å². The molecule has 1 heterocycles. The van der Waals surface area contributed by atoms with E-state index in [-0.39, 0.29) is 10.4 Å². The van der Waals surface area contributed by atoms with Gasteiger partial charge in [0.1, 0.15) is 0 Å². The van der Waals surface area contributed by atoms with Gasteiger partial charge in [0.05, 0.1) is 10.6 Å². The van der Waals surface area contributed by atoms with Crippen molar-refractivity contribution in [2.75, 3.05) is 25.0 Å². The van der Waals surface area contributed by atoms with Gasteiger partial charge in [-0.2, -0.15) is 8.78 Å². The zero-order valence-corrected chi connectivity index (χ0v) is 13.0. The van der Waals surface area contributed by atoms with Gasteiger partial charge in [0.25, 0.3) is 0 Å². The van der Waals surface area contributed by atoms with Gasteiger partial charge in [0.15, 0.2) is 0 Å². The number of anilines is 1. The van der Waals surface area contributed by atoms with Gasteiger partial charge in [-0.1, -0.05) is 12.1 Å². The Hall–Kier alpha value is -1.21. The van der Waals surface area contributed by atoms with Crippen LogP contribution in [-0.2, 0) is 9.84 Å². The first kappa shape index (κ1) is 16.2. The zero-order valence-electron chi connectivity index (χ0n) is 12.1. The van der Waals surface area contributed by atoms with E-state index in [9.17, 15) is 17.2 Å². The lowest BCUT2D eigenvalue weighted by Gasteiger charge is -2.40. The number of para-hydroxylation sites is 1. The molecule has 0 amide bonds. The van der Waals surface area contributed by atoms with Gasteiger partial charge in [0, 0.05) is 18.6 Å². The highest BCUT2D eigenvalue weighted by molar-refractivity contribution is 7.91. The molecule has 1 saturated heterocycles. The molecule has 4 nitrogen and oxygen atoms in total. The molecule has 1 N–H and O–H groups in total. The Morgan fingerprint density at radius 1 is 1.24 bits per heavy atom. The molecule has 0 aliphatic carbocycles. The molecule has 0 radical (unpaired) electrons. The molecule has 21 heavy (non-hydrogen) atoms. The van der Waals surface area contributed by atoms with Crippen molar-refractivity contribution >= 4 is 15.5 Å². The molecular formula is C14H20F2N2O2S. The molecule has 0 unspecified atom stereocenters. The molecule has 118 valence electrons. The number of piperidine rings is 1. The predicted molar refractivity (Wildman–Crippen MR) is 78.5 cm³/mol. The van der Waals surface area contributed by atoms with Gasteiger partial charge in [0.2, 0.25) is 9.84 Å². The third-order valence-electron chi connectivity index (χ3n) is 4.22. The highest BCUT2D eigenvalue weighted by atomic mass is 32.2. The summed E-state index contributed by atoms with van der Waals surface area (Å²) in [6.07, 6.45) is 1.65. The molecule has 0 spiro atoms. The summed E-state index contributed by atoms with van der Waals surface area (Å²) in [6.45, 7) is 3.37. The lowest BCUT2D eigenvalue weighted by molar-refractivity contribution is 0.234. The molecule has 0 atom stereocenters. The Kier molecular flexibility index (Phi) is 4.53. The number of nitrogens with zero attached hydrogens (tertiary/aromatic N) is 1. The minimum Gasteiger partial charge on any atom is -0.370 e. The number of hydrogen-bond donors (Lipinski definition) is 1. The Morgan fingerprint density at radius 2 is 1.81 bits per heavy atom. The number of sulfone groups is 1. The van der Waals surface area contributed by atoms with Gasteiger partial charge in [-0.05, 0) is 38.9 Å². The van der Waals surface area contributed by atoms with Crippen LogP contribution >= 0.6 is 0 Å². The summed E-state index contributed by atoms with van der Waals surface area (Å²) in [5.41, 5.74) is 0.378. The van der Waals surface area contributed by atoms with Crippen LogP contribution in [0.4, 0.5) is 14.5 Å². The van der Waals surface area contributed by atoms with E-state index < -0.39 is 15.6 Å². The molecule has 1 aromatic rings. The summed E-state index contributed by atoms with van der Waals surface area (Å²) in [5.74, 6) is -3.40. The van der Waals surface area contributed by atoms with Crippen molar-refractivity contribution in [3.05, 3.63) is 24.3 Å². The number of halogens is 2. The van der Waals surface area contributed by atoms with E-state index in [1.165, 1.54) is 12.1 Å². The second-order valence-corrected chi connectivity index (χ2v) is 7.46. The average molecular weight is 318 g/mol. The van der Waals surface area contributed by atoms with Crippen molar-refractivity contribution in [3.8, 4) is 0 Å². The smallest absolute Gasteiger partial charge is 0.341 e. The average Bonchev–Trinajstić information content (AvgIpc) is 2.48. The predicted octanol–water partition coefficient (Wildman–Crippen LogP) is 2.26. The third-order valence-corrected chi connectivity index (χ3v) is 5.64. The lowest BCUT2D eigenvalue weighted by Crippen LogP contribution is -2.50. The summed E-state index contributed by atoms with van der Waals surface area (Å²) in [6, 6.07) is 5.99. The van der Waals surface area contributed by atoms with Crippen molar-refractivity contribution in [2.45, 2.75) is 36.0 Å². The fourth-order valence-corrected chi connectivity index (χ4v) is 3.49. The molecule has 1 aliphatic heterocycles. The third kappa shape index (κ3) is 3.18. The maximum atomic E-state index is 12.8. The largest absolute Gasteiger partial charge is 0.370 e. The summed E-state index contributed by atoms with van der Waals surface area (Å²) >= 11 is 0. The number of rotatable bonds is 4. The van der Waals surface area contributed by atoms with Gasteiger partial charge in [-0.25, -0.2) is 8.42 Å². The molecule has 1 aromatic carbocycles. The highest BCUT2D eigenvalue weighted by Gasteiger charge is 2.33. The minimum atomic E-state index is -4.58. The molecule has 0 aromatic heterocycles. The van der Waals surface area contributed by atoms with Gasteiger partial charge >= 0.3 is 5.76 Å². The van der Waals surface area contributed by atoms with Crippen molar-refractivity contribution in [1.82, 2.24) is 5.32 Å². The first-order valence-electron chi connectivity index (χ1n) is 6.85. The van der Waals surface area contributed by atoms with Crippen LogP contribution in [-0.4, -0.2) is 39.9 Å². The van der Waals surface area contributed by atoms with Crippen molar-refractivity contribution < 1.29 is 17.2 Å². The molecule has 2 rings (SSSR count). The van der Waals surface area contributed by atoms with E-state index in [1.807, 2.05) is 11.9 Å². The Morgan fingerprint density at radius 3 is 2.33 bits per heavy atom. The van der Waals surface area contributed by atoms with E-state index in [2.05, 4.69) is 12.2 Å². The Balaban J connectivity index is 2.31. The van der Waals surface area contributed by atoms with E-state index >= 15 is 0 Å². The van der Waals surface area contributed by atoms with Crippen LogP contribution in [0.2, 0.25) is 0 Å². The van der Waals surface area contributed by atoms with Gasteiger partial charge in [-0.15, -0.1) is 0 Å². The highest BCUT2D eigenvalue weighted by Crippen LogP contribution is 2.32. The normalized spacial score (nSPS) is 19.0. The van der Waals surface area contributed by atoms with E-state index in [4.69, 9.17) is 0 Å². The minimum absolute atomic E-state index is 0.00698. The monoisotopic (exact) mass is 318 g/mol. The van der Waals surface area contributed by atoms with Gasteiger partial charge < -0.3 is 10.2 Å². The molecule has 1 fully saturated rings.